The molecule has 0 unspecified atom stereocenters. The van der Waals surface area contributed by atoms with Gasteiger partial charge in [-0.25, -0.2) is 4.98 Å². The van der Waals surface area contributed by atoms with Crippen LogP contribution >= 0.6 is 0 Å². The van der Waals surface area contributed by atoms with E-state index in [1.807, 2.05) is 0 Å². The molecule has 1 heterocycles. The Kier molecular flexibility index (Phi) is 3.06. The Balaban J connectivity index is 2.23. The largest absolute Gasteiger partial charge is 0.441 e. The minimum absolute atomic E-state index is 0.0685. The summed E-state index contributed by atoms with van der Waals surface area (Å²) in [6.45, 7) is -0.470. The summed E-state index contributed by atoms with van der Waals surface area (Å²) in [6, 6.07) is 6.84. The van der Waals surface area contributed by atoms with Crippen molar-refractivity contribution in [1.29, 1.82) is 0 Å². The molecule has 3 nitrogen and oxygen atoms in total. The van der Waals surface area contributed by atoms with E-state index in [1.54, 1.807) is 24.3 Å². The minimum Gasteiger partial charge on any atom is -0.441 e. The summed E-state index contributed by atoms with van der Waals surface area (Å²) in [5.41, 5.74) is 6.15. The van der Waals surface area contributed by atoms with Crippen LogP contribution < -0.4 is 5.73 Å². The van der Waals surface area contributed by atoms with Gasteiger partial charge in [-0.15, -0.1) is 0 Å². The van der Waals surface area contributed by atoms with Gasteiger partial charge in [0.2, 0.25) is 0 Å². The van der Waals surface area contributed by atoms with Gasteiger partial charge in [0.15, 0.2) is 11.5 Å². The van der Waals surface area contributed by atoms with Crippen LogP contribution in [0.15, 0.2) is 28.7 Å². The number of aromatic nitrogens is 1. The lowest BCUT2D eigenvalue weighted by Gasteiger charge is -2.16. The van der Waals surface area contributed by atoms with Gasteiger partial charge in [-0.05, 0) is 12.1 Å². The normalized spacial score (nSPS) is 14.1. The van der Waals surface area contributed by atoms with Crippen molar-refractivity contribution in [3.05, 3.63) is 30.2 Å². The van der Waals surface area contributed by atoms with Gasteiger partial charge in [0, 0.05) is 13.0 Å². The van der Waals surface area contributed by atoms with E-state index in [9.17, 15) is 13.2 Å². The predicted octanol–water partition coefficient (Wildman–Crippen LogP) is 2.51. The van der Waals surface area contributed by atoms with E-state index in [0.717, 1.165) is 0 Å². The standard InChI is InChI=1S/C11H11F3N2O/c12-11(13,14)7(6-15)5-10-16-8-3-1-2-4-9(8)17-10/h1-4,7H,5-6,15H2/t7-/m1/s1. The zero-order chi connectivity index (χ0) is 12.5. The third-order valence-corrected chi connectivity index (χ3v) is 2.51. The van der Waals surface area contributed by atoms with Gasteiger partial charge in [0.05, 0.1) is 5.92 Å². The maximum Gasteiger partial charge on any atom is 0.393 e. The van der Waals surface area contributed by atoms with Crippen LogP contribution in [-0.4, -0.2) is 17.7 Å². The van der Waals surface area contributed by atoms with E-state index in [4.69, 9.17) is 10.2 Å². The first kappa shape index (κ1) is 11.9. The zero-order valence-electron chi connectivity index (χ0n) is 8.87. The number of hydrogen-bond donors (Lipinski definition) is 1. The molecule has 17 heavy (non-hydrogen) atoms. The lowest BCUT2D eigenvalue weighted by molar-refractivity contribution is -0.172. The summed E-state index contributed by atoms with van der Waals surface area (Å²) in [6.07, 6.45) is -4.65. The number of rotatable bonds is 3. The maximum absolute atomic E-state index is 12.5. The number of para-hydroxylation sites is 2. The second-order valence-corrected chi connectivity index (χ2v) is 3.75. The molecule has 0 bridgehead atoms. The second-order valence-electron chi connectivity index (χ2n) is 3.75. The molecule has 0 fully saturated rings. The third-order valence-electron chi connectivity index (χ3n) is 2.51. The molecule has 2 rings (SSSR count). The van der Waals surface area contributed by atoms with Crippen LogP contribution in [-0.2, 0) is 6.42 Å². The molecular weight excluding hydrogens is 233 g/mol. The van der Waals surface area contributed by atoms with Gasteiger partial charge in [0.1, 0.15) is 5.52 Å². The van der Waals surface area contributed by atoms with E-state index in [1.165, 1.54) is 0 Å². The molecule has 1 atom stereocenters. The molecule has 0 saturated heterocycles. The number of nitrogens with two attached hydrogens (primary N) is 1. The molecule has 0 amide bonds. The highest BCUT2D eigenvalue weighted by atomic mass is 19.4. The Morgan fingerprint density at radius 2 is 2.00 bits per heavy atom. The predicted molar refractivity (Wildman–Crippen MR) is 56.3 cm³/mol. The number of nitrogens with zero attached hydrogens (tertiary/aromatic N) is 1. The summed E-state index contributed by atoms with van der Waals surface area (Å²) in [5.74, 6) is -1.55. The van der Waals surface area contributed by atoms with Crippen molar-refractivity contribution in [1.82, 2.24) is 4.98 Å². The summed E-state index contributed by atoms with van der Waals surface area (Å²) >= 11 is 0. The summed E-state index contributed by atoms with van der Waals surface area (Å²) in [7, 11) is 0. The Bertz CT molecular complexity index is 474. The van der Waals surface area contributed by atoms with E-state index >= 15 is 0 Å². The molecule has 0 saturated carbocycles. The average molecular weight is 244 g/mol. The van der Waals surface area contributed by atoms with Crippen molar-refractivity contribution in [2.24, 2.45) is 11.7 Å². The molecule has 0 aliphatic rings. The van der Waals surface area contributed by atoms with Crippen LogP contribution in [0.25, 0.3) is 11.1 Å². The van der Waals surface area contributed by atoms with Crippen LogP contribution in [0, 0.1) is 5.92 Å². The van der Waals surface area contributed by atoms with Gasteiger partial charge < -0.3 is 10.2 Å². The van der Waals surface area contributed by atoms with Crippen molar-refractivity contribution >= 4 is 11.1 Å². The first-order valence-corrected chi connectivity index (χ1v) is 5.12. The van der Waals surface area contributed by atoms with Gasteiger partial charge >= 0.3 is 6.18 Å². The lowest BCUT2D eigenvalue weighted by Crippen LogP contribution is -2.32. The maximum atomic E-state index is 12.5. The Morgan fingerprint density at radius 1 is 1.29 bits per heavy atom. The van der Waals surface area contributed by atoms with Crippen molar-refractivity contribution in [3.63, 3.8) is 0 Å². The topological polar surface area (TPSA) is 52.0 Å². The number of alkyl halides is 3. The van der Waals surface area contributed by atoms with Crippen molar-refractivity contribution in [2.75, 3.05) is 6.54 Å². The van der Waals surface area contributed by atoms with Crippen LogP contribution in [0.4, 0.5) is 13.2 Å². The fraction of sp³-hybridized carbons (Fsp3) is 0.364. The number of halogens is 3. The monoisotopic (exact) mass is 244 g/mol. The van der Waals surface area contributed by atoms with Crippen molar-refractivity contribution < 1.29 is 17.6 Å². The molecule has 2 N–H and O–H groups in total. The van der Waals surface area contributed by atoms with Crippen LogP contribution in [0.2, 0.25) is 0 Å². The first-order chi connectivity index (χ1) is 8.00. The lowest BCUT2D eigenvalue weighted by atomic mass is 10.1. The summed E-state index contributed by atoms with van der Waals surface area (Å²) in [5, 5.41) is 0. The van der Waals surface area contributed by atoms with E-state index in [2.05, 4.69) is 4.98 Å². The highest BCUT2D eigenvalue weighted by Crippen LogP contribution is 2.29. The fourth-order valence-electron chi connectivity index (χ4n) is 1.55. The van der Waals surface area contributed by atoms with E-state index < -0.39 is 18.6 Å². The summed E-state index contributed by atoms with van der Waals surface area (Å²) < 4.78 is 42.8. The smallest absolute Gasteiger partial charge is 0.393 e. The molecule has 1 aromatic carbocycles. The van der Waals surface area contributed by atoms with Gasteiger partial charge in [-0.1, -0.05) is 12.1 Å². The van der Waals surface area contributed by atoms with Crippen LogP contribution in [0.5, 0.6) is 0 Å². The van der Waals surface area contributed by atoms with Crippen molar-refractivity contribution in [2.45, 2.75) is 12.6 Å². The molecule has 2 aromatic rings. The Labute approximate surface area is 95.4 Å². The Hall–Kier alpha value is -1.56. The zero-order valence-corrected chi connectivity index (χ0v) is 8.87. The molecular formula is C11H11F3N2O. The highest BCUT2D eigenvalue weighted by Gasteiger charge is 2.39. The molecule has 0 aliphatic heterocycles. The quantitative estimate of drug-likeness (QED) is 0.902. The third kappa shape index (κ3) is 2.58. The average Bonchev–Trinajstić information content (AvgIpc) is 2.66. The van der Waals surface area contributed by atoms with Crippen molar-refractivity contribution in [3.8, 4) is 0 Å². The van der Waals surface area contributed by atoms with Gasteiger partial charge in [-0.3, -0.25) is 0 Å². The minimum atomic E-state index is -4.32. The number of oxazole rings is 1. The van der Waals surface area contributed by atoms with Gasteiger partial charge in [-0.2, -0.15) is 13.2 Å². The molecule has 6 heteroatoms. The Morgan fingerprint density at radius 3 is 2.59 bits per heavy atom. The fourth-order valence-corrected chi connectivity index (χ4v) is 1.55. The van der Waals surface area contributed by atoms with E-state index in [0.29, 0.717) is 11.1 Å². The SMILES string of the molecule is NC[C@@H](Cc1nc2ccccc2o1)C(F)(F)F. The molecule has 0 aliphatic carbocycles. The molecule has 92 valence electrons. The molecule has 1 aromatic heterocycles. The number of fused-ring (bicyclic) bond motifs is 1. The van der Waals surface area contributed by atoms with Crippen LogP contribution in [0.1, 0.15) is 5.89 Å². The molecule has 0 spiro atoms. The number of hydrogen-bond acceptors (Lipinski definition) is 3. The number of benzene rings is 1. The van der Waals surface area contributed by atoms with E-state index in [-0.39, 0.29) is 12.3 Å². The highest BCUT2D eigenvalue weighted by molar-refractivity contribution is 5.72. The first-order valence-electron chi connectivity index (χ1n) is 5.12. The summed E-state index contributed by atoms with van der Waals surface area (Å²) in [4.78, 5) is 3.99. The van der Waals surface area contributed by atoms with Gasteiger partial charge in [0.25, 0.3) is 0 Å². The molecule has 0 radical (unpaired) electrons. The second kappa shape index (κ2) is 4.37. The van der Waals surface area contributed by atoms with Crippen LogP contribution in [0.3, 0.4) is 0 Å².